The van der Waals surface area contributed by atoms with Crippen molar-refractivity contribution in [1.82, 2.24) is 24.6 Å². The Balaban J connectivity index is 1.51. The molecule has 2 aromatic carbocycles. The number of aromatic nitrogens is 3. The van der Waals surface area contributed by atoms with Crippen LogP contribution in [0.1, 0.15) is 22.8 Å². The molecule has 1 aromatic heterocycles. The number of halogens is 1. The van der Waals surface area contributed by atoms with Gasteiger partial charge >= 0.3 is 0 Å². The maximum Gasteiger partial charge on any atom is 0.165 e. The van der Waals surface area contributed by atoms with Crippen LogP contribution in [0.15, 0.2) is 53.5 Å². The highest BCUT2D eigenvalue weighted by Gasteiger charge is 2.23. The number of piperazine rings is 1. The van der Waals surface area contributed by atoms with Crippen LogP contribution in [0, 0.1) is 0 Å². The van der Waals surface area contributed by atoms with Crippen molar-refractivity contribution in [3.05, 3.63) is 76.3 Å². The van der Waals surface area contributed by atoms with Gasteiger partial charge in [-0.2, -0.15) is 0 Å². The zero-order valence-electron chi connectivity index (χ0n) is 16.4. The van der Waals surface area contributed by atoms with Gasteiger partial charge in [0.1, 0.15) is 0 Å². The summed E-state index contributed by atoms with van der Waals surface area (Å²) in [5.74, 6) is 1.72. The first kappa shape index (κ1) is 18.5. The van der Waals surface area contributed by atoms with Crippen LogP contribution in [0.25, 0.3) is 5.69 Å². The molecule has 0 radical (unpaired) electrons. The van der Waals surface area contributed by atoms with Crippen LogP contribution in [0.3, 0.4) is 0 Å². The standard InChI is InChI=1S/C22H23ClN6/c1-27-9-11-28(12-10-27)15-20-25-21-14-24-22(16-5-3-2-4-6-16)18-13-17(23)7-8-19(18)29(21)26-20/h2-8,13H,9-12,14-15H2,1H3. The average molecular weight is 407 g/mol. The van der Waals surface area contributed by atoms with E-state index in [0.717, 1.165) is 66.9 Å². The van der Waals surface area contributed by atoms with Crippen molar-refractivity contribution in [2.45, 2.75) is 13.1 Å². The lowest BCUT2D eigenvalue weighted by molar-refractivity contribution is 0.145. The van der Waals surface area contributed by atoms with Crippen molar-refractivity contribution in [2.75, 3.05) is 33.2 Å². The highest BCUT2D eigenvalue weighted by atomic mass is 35.5. The van der Waals surface area contributed by atoms with Crippen LogP contribution in [-0.2, 0) is 13.1 Å². The second-order valence-electron chi connectivity index (χ2n) is 7.63. The molecule has 1 fully saturated rings. The van der Waals surface area contributed by atoms with Gasteiger partial charge < -0.3 is 4.90 Å². The molecule has 148 valence electrons. The van der Waals surface area contributed by atoms with E-state index in [4.69, 9.17) is 26.7 Å². The van der Waals surface area contributed by atoms with Gasteiger partial charge in [0.15, 0.2) is 11.6 Å². The zero-order valence-corrected chi connectivity index (χ0v) is 17.2. The van der Waals surface area contributed by atoms with E-state index in [1.54, 1.807) is 0 Å². The molecule has 29 heavy (non-hydrogen) atoms. The van der Waals surface area contributed by atoms with Gasteiger partial charge in [0.25, 0.3) is 0 Å². The van der Waals surface area contributed by atoms with Crippen molar-refractivity contribution in [3.8, 4) is 5.69 Å². The van der Waals surface area contributed by atoms with Crippen LogP contribution in [0.2, 0.25) is 5.02 Å². The first-order valence-electron chi connectivity index (χ1n) is 9.93. The number of benzene rings is 2. The van der Waals surface area contributed by atoms with Crippen molar-refractivity contribution >= 4 is 17.3 Å². The monoisotopic (exact) mass is 406 g/mol. The third-order valence-corrected chi connectivity index (χ3v) is 5.78. The Morgan fingerprint density at radius 3 is 2.59 bits per heavy atom. The van der Waals surface area contributed by atoms with E-state index < -0.39 is 0 Å². The minimum Gasteiger partial charge on any atom is -0.304 e. The molecule has 3 aromatic rings. The fourth-order valence-electron chi connectivity index (χ4n) is 3.92. The second kappa shape index (κ2) is 7.71. The molecule has 0 saturated carbocycles. The summed E-state index contributed by atoms with van der Waals surface area (Å²) < 4.78 is 1.94. The number of hydrogen-bond acceptors (Lipinski definition) is 5. The number of likely N-dealkylation sites (N-methyl/N-ethyl adjacent to an activating group) is 1. The Hall–Kier alpha value is -2.54. The van der Waals surface area contributed by atoms with E-state index >= 15 is 0 Å². The largest absolute Gasteiger partial charge is 0.304 e. The van der Waals surface area contributed by atoms with Gasteiger partial charge in [-0.1, -0.05) is 41.9 Å². The van der Waals surface area contributed by atoms with Gasteiger partial charge in [0.2, 0.25) is 0 Å². The summed E-state index contributed by atoms with van der Waals surface area (Å²) in [4.78, 5) is 14.5. The number of fused-ring (bicyclic) bond motifs is 3. The van der Waals surface area contributed by atoms with E-state index in [9.17, 15) is 0 Å². The topological polar surface area (TPSA) is 49.5 Å². The quantitative estimate of drug-likeness (QED) is 0.671. The SMILES string of the molecule is CN1CCN(Cc2nc3n(n2)-c2ccc(Cl)cc2C(c2ccccc2)=NC3)CC1. The molecule has 7 heteroatoms. The minimum atomic E-state index is 0.492. The van der Waals surface area contributed by atoms with Crippen molar-refractivity contribution in [2.24, 2.45) is 4.99 Å². The van der Waals surface area contributed by atoms with Crippen LogP contribution in [0.5, 0.6) is 0 Å². The van der Waals surface area contributed by atoms with Crippen molar-refractivity contribution in [3.63, 3.8) is 0 Å². The van der Waals surface area contributed by atoms with Gasteiger partial charge in [-0.05, 0) is 25.2 Å². The average Bonchev–Trinajstić information content (AvgIpc) is 3.07. The molecule has 0 unspecified atom stereocenters. The van der Waals surface area contributed by atoms with Gasteiger partial charge in [-0.3, -0.25) is 9.89 Å². The predicted molar refractivity (Wildman–Crippen MR) is 115 cm³/mol. The molecule has 0 N–H and O–H groups in total. The molecule has 2 aliphatic rings. The van der Waals surface area contributed by atoms with Gasteiger partial charge in [-0.25, -0.2) is 9.67 Å². The van der Waals surface area contributed by atoms with Gasteiger partial charge in [0.05, 0.1) is 24.5 Å². The summed E-state index contributed by atoms with van der Waals surface area (Å²) >= 11 is 6.34. The summed E-state index contributed by atoms with van der Waals surface area (Å²) in [7, 11) is 2.17. The second-order valence-corrected chi connectivity index (χ2v) is 8.06. The summed E-state index contributed by atoms with van der Waals surface area (Å²) in [5.41, 5.74) is 3.95. The summed E-state index contributed by atoms with van der Waals surface area (Å²) in [6.07, 6.45) is 0. The van der Waals surface area contributed by atoms with E-state index in [1.807, 2.05) is 41.1 Å². The van der Waals surface area contributed by atoms with Gasteiger partial charge in [0, 0.05) is 42.3 Å². The fourth-order valence-corrected chi connectivity index (χ4v) is 4.09. The Morgan fingerprint density at radius 2 is 1.79 bits per heavy atom. The summed E-state index contributed by atoms with van der Waals surface area (Å²) in [6.45, 7) is 5.52. The highest BCUT2D eigenvalue weighted by Crippen LogP contribution is 2.27. The first-order valence-corrected chi connectivity index (χ1v) is 10.3. The van der Waals surface area contributed by atoms with Crippen LogP contribution >= 0.6 is 11.6 Å². The van der Waals surface area contributed by atoms with E-state index in [0.29, 0.717) is 11.6 Å². The zero-order chi connectivity index (χ0) is 19.8. The van der Waals surface area contributed by atoms with E-state index in [1.165, 1.54) is 0 Å². The molecular formula is C22H23ClN6. The molecule has 0 atom stereocenters. The Morgan fingerprint density at radius 1 is 1.00 bits per heavy atom. The van der Waals surface area contributed by atoms with E-state index in [2.05, 4.69) is 29.0 Å². The molecule has 6 nitrogen and oxygen atoms in total. The first-order chi connectivity index (χ1) is 14.2. The molecular weight excluding hydrogens is 384 g/mol. The molecule has 0 amide bonds. The van der Waals surface area contributed by atoms with Crippen molar-refractivity contribution in [1.29, 1.82) is 0 Å². The molecule has 5 rings (SSSR count). The molecule has 0 spiro atoms. The van der Waals surface area contributed by atoms with Crippen LogP contribution in [-0.4, -0.2) is 63.5 Å². The number of nitrogens with zero attached hydrogens (tertiary/aromatic N) is 6. The third kappa shape index (κ3) is 3.71. The Kier molecular flexibility index (Phi) is 4.91. The lowest BCUT2D eigenvalue weighted by Gasteiger charge is -2.31. The molecule has 0 bridgehead atoms. The predicted octanol–water partition coefficient (Wildman–Crippen LogP) is 3.02. The highest BCUT2D eigenvalue weighted by molar-refractivity contribution is 6.31. The summed E-state index contributed by atoms with van der Waals surface area (Å²) in [5, 5.41) is 5.55. The Labute approximate surface area is 175 Å². The minimum absolute atomic E-state index is 0.492. The van der Waals surface area contributed by atoms with Crippen molar-refractivity contribution < 1.29 is 0 Å². The Bertz CT molecular complexity index is 1050. The van der Waals surface area contributed by atoms with Crippen LogP contribution < -0.4 is 0 Å². The maximum atomic E-state index is 6.34. The smallest absolute Gasteiger partial charge is 0.165 e. The maximum absolute atomic E-state index is 6.34. The summed E-state index contributed by atoms with van der Waals surface area (Å²) in [6, 6.07) is 16.1. The lowest BCUT2D eigenvalue weighted by Crippen LogP contribution is -2.44. The number of rotatable bonds is 3. The number of hydrogen-bond donors (Lipinski definition) is 0. The molecule has 1 saturated heterocycles. The molecule has 2 aliphatic heterocycles. The fraction of sp³-hybridized carbons (Fsp3) is 0.318. The van der Waals surface area contributed by atoms with Gasteiger partial charge in [-0.15, -0.1) is 5.10 Å². The molecule has 3 heterocycles. The molecule has 0 aliphatic carbocycles. The third-order valence-electron chi connectivity index (χ3n) is 5.55. The lowest BCUT2D eigenvalue weighted by atomic mass is 10.0. The number of aliphatic imine (C=N–C) groups is 1. The van der Waals surface area contributed by atoms with Crippen LogP contribution in [0.4, 0.5) is 0 Å². The van der Waals surface area contributed by atoms with E-state index in [-0.39, 0.29) is 0 Å². The normalized spacial score (nSPS) is 17.4.